The fourth-order valence-corrected chi connectivity index (χ4v) is 3.45. The molecule has 22 heavy (non-hydrogen) atoms. The average molecular weight is 301 g/mol. The first-order valence-corrected chi connectivity index (χ1v) is 8.01. The minimum absolute atomic E-state index is 0.0164. The Hall–Kier alpha value is -1.97. The number of aromatic hydroxyl groups is 2. The molecule has 4 heteroatoms. The summed E-state index contributed by atoms with van der Waals surface area (Å²) in [5.74, 6) is -0.0900. The maximum Gasteiger partial charge on any atom is 0.257 e. The number of hydrogen-bond acceptors (Lipinski definition) is 3. The smallest absolute Gasteiger partial charge is 0.257 e. The van der Waals surface area contributed by atoms with Crippen molar-refractivity contribution in [2.24, 2.45) is 0 Å². The SMILES string of the molecule is CC1=CC(c2c(O)cc(C)c(C(=O)N3CCC3)c2O)CCC1. The Labute approximate surface area is 131 Å². The maximum absolute atomic E-state index is 12.5. The summed E-state index contributed by atoms with van der Waals surface area (Å²) < 4.78 is 0. The molecule has 1 aromatic carbocycles. The lowest BCUT2D eigenvalue weighted by Gasteiger charge is -2.32. The molecule has 1 atom stereocenters. The van der Waals surface area contributed by atoms with Gasteiger partial charge in [0.1, 0.15) is 11.5 Å². The second-order valence-electron chi connectivity index (χ2n) is 6.51. The predicted octanol–water partition coefficient (Wildman–Crippen LogP) is 3.47. The van der Waals surface area contributed by atoms with Crippen molar-refractivity contribution in [3.63, 3.8) is 0 Å². The zero-order valence-corrected chi connectivity index (χ0v) is 13.2. The summed E-state index contributed by atoms with van der Waals surface area (Å²) in [5.41, 5.74) is 2.76. The van der Waals surface area contributed by atoms with E-state index in [0.717, 1.165) is 38.8 Å². The molecule has 0 spiro atoms. The number of allylic oxidation sites excluding steroid dienone is 2. The molecule has 4 nitrogen and oxygen atoms in total. The van der Waals surface area contributed by atoms with E-state index in [2.05, 4.69) is 13.0 Å². The maximum atomic E-state index is 12.5. The standard InChI is InChI=1S/C18H23NO3/c1-11-5-3-6-13(9-11)16-14(20)10-12(2)15(17(16)21)18(22)19-7-4-8-19/h9-10,13,20-21H,3-8H2,1-2H3. The molecule has 118 valence electrons. The van der Waals surface area contributed by atoms with E-state index < -0.39 is 0 Å². The lowest BCUT2D eigenvalue weighted by atomic mass is 9.83. The number of carbonyl (C=O) groups is 1. The third kappa shape index (κ3) is 2.47. The number of aryl methyl sites for hydroxylation is 1. The number of carbonyl (C=O) groups excluding carboxylic acids is 1. The molecular formula is C18H23NO3. The molecule has 0 radical (unpaired) electrons. The van der Waals surface area contributed by atoms with Crippen molar-refractivity contribution in [3.05, 3.63) is 34.4 Å². The Morgan fingerprint density at radius 1 is 1.23 bits per heavy atom. The molecule has 3 rings (SSSR count). The number of likely N-dealkylation sites (tertiary alicyclic amines) is 1. The van der Waals surface area contributed by atoms with Gasteiger partial charge in [0.15, 0.2) is 0 Å². The van der Waals surface area contributed by atoms with Crippen LogP contribution in [0.1, 0.15) is 60.0 Å². The van der Waals surface area contributed by atoms with Crippen molar-refractivity contribution in [2.75, 3.05) is 13.1 Å². The Bertz CT molecular complexity index is 644. The molecule has 1 fully saturated rings. The van der Waals surface area contributed by atoms with Crippen LogP contribution in [0.15, 0.2) is 17.7 Å². The minimum Gasteiger partial charge on any atom is -0.507 e. The lowest BCUT2D eigenvalue weighted by Crippen LogP contribution is -2.42. The Kier molecular flexibility index (Phi) is 3.85. The highest BCUT2D eigenvalue weighted by Crippen LogP contribution is 2.43. The van der Waals surface area contributed by atoms with Crippen LogP contribution in [-0.2, 0) is 0 Å². The number of phenols is 2. The second kappa shape index (κ2) is 5.67. The summed E-state index contributed by atoms with van der Waals surface area (Å²) in [4.78, 5) is 14.3. The Morgan fingerprint density at radius 3 is 2.55 bits per heavy atom. The molecule has 1 heterocycles. The molecule has 1 aromatic rings. The van der Waals surface area contributed by atoms with Crippen LogP contribution >= 0.6 is 0 Å². The van der Waals surface area contributed by atoms with Gasteiger partial charge in [0, 0.05) is 24.6 Å². The fraction of sp³-hybridized carbons (Fsp3) is 0.500. The Balaban J connectivity index is 2.06. The summed E-state index contributed by atoms with van der Waals surface area (Å²) >= 11 is 0. The molecular weight excluding hydrogens is 278 g/mol. The quantitative estimate of drug-likeness (QED) is 0.822. The predicted molar refractivity (Wildman–Crippen MR) is 85.4 cm³/mol. The normalized spacial score (nSPS) is 21.3. The van der Waals surface area contributed by atoms with Gasteiger partial charge in [-0.15, -0.1) is 0 Å². The third-order valence-electron chi connectivity index (χ3n) is 4.82. The van der Waals surface area contributed by atoms with E-state index >= 15 is 0 Å². The van der Waals surface area contributed by atoms with E-state index in [-0.39, 0.29) is 23.3 Å². The zero-order valence-electron chi connectivity index (χ0n) is 13.2. The summed E-state index contributed by atoms with van der Waals surface area (Å²) in [6.45, 7) is 5.32. The number of hydrogen-bond donors (Lipinski definition) is 2. The highest BCUT2D eigenvalue weighted by molar-refractivity contribution is 5.99. The zero-order chi connectivity index (χ0) is 15.9. The van der Waals surface area contributed by atoms with Crippen molar-refractivity contribution >= 4 is 5.91 Å². The van der Waals surface area contributed by atoms with Crippen molar-refractivity contribution in [3.8, 4) is 11.5 Å². The van der Waals surface area contributed by atoms with Gasteiger partial charge in [-0.05, 0) is 51.2 Å². The molecule has 1 aliphatic carbocycles. The first kappa shape index (κ1) is 14.9. The second-order valence-corrected chi connectivity index (χ2v) is 6.51. The van der Waals surface area contributed by atoms with Crippen molar-refractivity contribution in [1.29, 1.82) is 0 Å². The fourth-order valence-electron chi connectivity index (χ4n) is 3.45. The van der Waals surface area contributed by atoms with Crippen LogP contribution in [0.4, 0.5) is 0 Å². The number of nitrogens with zero attached hydrogens (tertiary/aromatic N) is 1. The van der Waals surface area contributed by atoms with Crippen molar-refractivity contribution in [1.82, 2.24) is 4.90 Å². The molecule has 2 N–H and O–H groups in total. The van der Waals surface area contributed by atoms with E-state index in [1.165, 1.54) is 5.57 Å². The summed E-state index contributed by atoms with van der Waals surface area (Å²) in [6, 6.07) is 1.61. The van der Waals surface area contributed by atoms with Crippen LogP contribution in [0.25, 0.3) is 0 Å². The summed E-state index contributed by atoms with van der Waals surface area (Å²) in [5, 5.41) is 21.0. The first-order valence-electron chi connectivity index (χ1n) is 8.01. The van der Waals surface area contributed by atoms with E-state index in [9.17, 15) is 15.0 Å². The molecule has 0 aromatic heterocycles. The van der Waals surface area contributed by atoms with Gasteiger partial charge in [-0.3, -0.25) is 4.79 Å². The first-order chi connectivity index (χ1) is 10.5. The average Bonchev–Trinajstić information content (AvgIpc) is 2.35. The van der Waals surface area contributed by atoms with Crippen LogP contribution in [0.2, 0.25) is 0 Å². The lowest BCUT2D eigenvalue weighted by molar-refractivity contribution is 0.0647. The van der Waals surface area contributed by atoms with Gasteiger partial charge in [0.2, 0.25) is 0 Å². The van der Waals surface area contributed by atoms with Gasteiger partial charge >= 0.3 is 0 Å². The van der Waals surface area contributed by atoms with E-state index in [1.54, 1.807) is 17.9 Å². The van der Waals surface area contributed by atoms with Gasteiger partial charge in [0.25, 0.3) is 5.91 Å². The molecule has 1 aliphatic heterocycles. The van der Waals surface area contributed by atoms with Gasteiger partial charge < -0.3 is 15.1 Å². The molecule has 0 bridgehead atoms. The van der Waals surface area contributed by atoms with Gasteiger partial charge in [-0.2, -0.15) is 0 Å². The Morgan fingerprint density at radius 2 is 1.95 bits per heavy atom. The van der Waals surface area contributed by atoms with Crippen LogP contribution in [0, 0.1) is 6.92 Å². The number of amides is 1. The van der Waals surface area contributed by atoms with Crippen LogP contribution in [-0.4, -0.2) is 34.1 Å². The minimum atomic E-state index is -0.126. The topological polar surface area (TPSA) is 60.8 Å². The van der Waals surface area contributed by atoms with E-state index in [0.29, 0.717) is 16.7 Å². The van der Waals surface area contributed by atoms with Crippen molar-refractivity contribution < 1.29 is 15.0 Å². The van der Waals surface area contributed by atoms with Crippen molar-refractivity contribution in [2.45, 2.75) is 45.4 Å². The number of benzene rings is 1. The van der Waals surface area contributed by atoms with Gasteiger partial charge in [0.05, 0.1) is 5.56 Å². The molecule has 0 saturated carbocycles. The molecule has 1 unspecified atom stereocenters. The number of rotatable bonds is 2. The summed E-state index contributed by atoms with van der Waals surface area (Å²) in [7, 11) is 0. The highest BCUT2D eigenvalue weighted by atomic mass is 16.3. The van der Waals surface area contributed by atoms with Crippen LogP contribution in [0.5, 0.6) is 11.5 Å². The molecule has 1 amide bonds. The largest absolute Gasteiger partial charge is 0.507 e. The van der Waals surface area contributed by atoms with E-state index in [1.807, 2.05) is 0 Å². The van der Waals surface area contributed by atoms with Gasteiger partial charge in [-0.1, -0.05) is 11.6 Å². The number of phenolic OH excluding ortho intramolecular Hbond substituents is 2. The molecule has 1 saturated heterocycles. The van der Waals surface area contributed by atoms with Crippen LogP contribution < -0.4 is 0 Å². The van der Waals surface area contributed by atoms with Crippen LogP contribution in [0.3, 0.4) is 0 Å². The summed E-state index contributed by atoms with van der Waals surface area (Å²) in [6.07, 6.45) is 6.10. The molecule has 2 aliphatic rings. The van der Waals surface area contributed by atoms with Gasteiger partial charge in [-0.25, -0.2) is 0 Å². The monoisotopic (exact) mass is 301 g/mol. The highest BCUT2D eigenvalue weighted by Gasteiger charge is 2.30. The third-order valence-corrected chi connectivity index (χ3v) is 4.82. The van der Waals surface area contributed by atoms with E-state index in [4.69, 9.17) is 0 Å².